The second-order valence-corrected chi connectivity index (χ2v) is 9.98. The number of hydrogen-bond acceptors (Lipinski definition) is 4. The number of carbonyl (C=O) groups excluding carboxylic acids is 1. The van der Waals surface area contributed by atoms with Gasteiger partial charge in [-0.15, -0.1) is 0 Å². The molecule has 1 aliphatic rings. The molecule has 1 atom stereocenters. The fourth-order valence-corrected chi connectivity index (χ4v) is 5.49. The third kappa shape index (κ3) is 5.40. The minimum absolute atomic E-state index is 0.220. The normalized spacial score (nSPS) is 15.1. The molecule has 0 saturated carbocycles. The summed E-state index contributed by atoms with van der Waals surface area (Å²) in [5, 5.41) is 11.0. The van der Waals surface area contributed by atoms with Crippen molar-refractivity contribution >= 4 is 46.1 Å². The predicted molar refractivity (Wildman–Crippen MR) is 146 cm³/mol. The lowest BCUT2D eigenvalue weighted by Crippen LogP contribution is -2.29. The number of amides is 1. The van der Waals surface area contributed by atoms with E-state index < -0.39 is 5.91 Å². The van der Waals surface area contributed by atoms with Crippen molar-refractivity contribution < 1.29 is 14.7 Å². The Bertz CT molecular complexity index is 1460. The Morgan fingerprint density at radius 3 is 2.84 bits per heavy atom. The highest BCUT2D eigenvalue weighted by Gasteiger charge is 2.29. The van der Waals surface area contributed by atoms with Gasteiger partial charge in [-0.3, -0.25) is 14.9 Å². The molecule has 2 heterocycles. The Kier molecular flexibility index (Phi) is 7.58. The molecule has 7 nitrogen and oxygen atoms in total. The van der Waals surface area contributed by atoms with E-state index >= 15 is 0 Å². The minimum atomic E-state index is -0.554. The molecule has 4 N–H and O–H groups in total. The summed E-state index contributed by atoms with van der Waals surface area (Å²) < 4.78 is 5.36. The first kappa shape index (κ1) is 25.4. The Morgan fingerprint density at radius 2 is 2.08 bits per heavy atom. The number of nitrogens with zero attached hydrogens (tertiary/aromatic N) is 1. The van der Waals surface area contributed by atoms with Gasteiger partial charge < -0.3 is 14.7 Å². The molecule has 0 saturated heterocycles. The molecular formula is C28H28Cl2N4O3. The average molecular weight is 539 g/mol. The van der Waals surface area contributed by atoms with E-state index in [2.05, 4.69) is 39.3 Å². The van der Waals surface area contributed by atoms with Crippen molar-refractivity contribution in [3.8, 4) is 5.75 Å². The van der Waals surface area contributed by atoms with Gasteiger partial charge in [0.15, 0.2) is 0 Å². The number of halogens is 2. The molecule has 1 unspecified atom stereocenters. The third-order valence-electron chi connectivity index (χ3n) is 7.04. The number of hydroxylamine groups is 1. The van der Waals surface area contributed by atoms with E-state index in [4.69, 9.17) is 33.1 Å². The van der Waals surface area contributed by atoms with Gasteiger partial charge in [0, 0.05) is 60.3 Å². The summed E-state index contributed by atoms with van der Waals surface area (Å²) in [6, 6.07) is 12.6. The highest BCUT2D eigenvalue weighted by molar-refractivity contribution is 6.42. The van der Waals surface area contributed by atoms with Crippen LogP contribution >= 0.6 is 23.2 Å². The first-order valence-corrected chi connectivity index (χ1v) is 12.9. The molecule has 0 radical (unpaired) electrons. The quantitative estimate of drug-likeness (QED) is 0.118. The van der Waals surface area contributed by atoms with E-state index in [1.54, 1.807) is 24.9 Å². The topological polar surface area (TPSA) is 93.4 Å². The van der Waals surface area contributed by atoms with Crippen molar-refractivity contribution in [2.75, 3.05) is 13.7 Å². The number of rotatable bonds is 9. The van der Waals surface area contributed by atoms with Crippen LogP contribution in [0, 0.1) is 0 Å². The maximum Gasteiger partial charge on any atom is 0.267 e. The maximum absolute atomic E-state index is 11.4. The molecule has 37 heavy (non-hydrogen) atoms. The van der Waals surface area contributed by atoms with Gasteiger partial charge in [0.25, 0.3) is 5.91 Å². The molecule has 0 spiro atoms. The van der Waals surface area contributed by atoms with Crippen LogP contribution in [0.5, 0.6) is 5.75 Å². The highest BCUT2D eigenvalue weighted by atomic mass is 35.5. The number of aromatic nitrogens is 2. The zero-order chi connectivity index (χ0) is 25.9. The summed E-state index contributed by atoms with van der Waals surface area (Å²) in [5.41, 5.74) is 8.28. The second-order valence-electron chi connectivity index (χ2n) is 9.20. The molecule has 0 aliphatic heterocycles. The zero-order valence-electron chi connectivity index (χ0n) is 20.4. The molecule has 9 heteroatoms. The third-order valence-corrected chi connectivity index (χ3v) is 7.87. The number of fused-ring (bicyclic) bond motifs is 2. The Morgan fingerprint density at radius 1 is 1.22 bits per heavy atom. The van der Waals surface area contributed by atoms with E-state index in [1.165, 1.54) is 28.2 Å². The van der Waals surface area contributed by atoms with Gasteiger partial charge in [-0.05, 0) is 59.7 Å². The van der Waals surface area contributed by atoms with Crippen LogP contribution in [0.15, 0.2) is 54.9 Å². The number of aromatic amines is 2. The number of nitrogens with one attached hydrogen (secondary N) is 3. The van der Waals surface area contributed by atoms with Crippen LogP contribution in [0.2, 0.25) is 10.0 Å². The Balaban J connectivity index is 1.40. The molecule has 4 aromatic rings. The maximum atomic E-state index is 11.4. The summed E-state index contributed by atoms with van der Waals surface area (Å²) in [6.45, 7) is 1.47. The first-order chi connectivity index (χ1) is 18.0. The van der Waals surface area contributed by atoms with Gasteiger partial charge in [-0.2, -0.15) is 0 Å². The Labute approximate surface area is 225 Å². The molecule has 5 rings (SSSR count). The fraction of sp³-hybridized carbons (Fsp3) is 0.250. The van der Waals surface area contributed by atoms with Crippen LogP contribution in [0.4, 0.5) is 0 Å². The van der Waals surface area contributed by atoms with Gasteiger partial charge >= 0.3 is 0 Å². The van der Waals surface area contributed by atoms with Crippen LogP contribution in [-0.4, -0.2) is 39.6 Å². The van der Waals surface area contributed by atoms with E-state index in [0.29, 0.717) is 16.6 Å². The van der Waals surface area contributed by atoms with E-state index in [1.807, 2.05) is 18.2 Å². The van der Waals surface area contributed by atoms with Gasteiger partial charge in [0.1, 0.15) is 5.75 Å². The molecule has 1 aliphatic carbocycles. The molecule has 2 aromatic heterocycles. The molecule has 0 fully saturated rings. The van der Waals surface area contributed by atoms with Crippen molar-refractivity contribution in [3.63, 3.8) is 0 Å². The monoisotopic (exact) mass is 538 g/mol. The van der Waals surface area contributed by atoms with Crippen molar-refractivity contribution in [1.82, 2.24) is 20.3 Å². The van der Waals surface area contributed by atoms with Crippen LogP contribution in [0.3, 0.4) is 0 Å². The number of aryl methyl sites for hydroxylation is 1. The van der Waals surface area contributed by atoms with Crippen LogP contribution in [0.25, 0.3) is 17.0 Å². The average Bonchev–Trinajstić information content (AvgIpc) is 3.62. The molecule has 192 valence electrons. The van der Waals surface area contributed by atoms with Gasteiger partial charge in [-0.25, -0.2) is 5.48 Å². The number of benzene rings is 2. The van der Waals surface area contributed by atoms with Gasteiger partial charge in [0.2, 0.25) is 0 Å². The lowest BCUT2D eigenvalue weighted by atomic mass is 10.0. The number of hydrogen-bond donors (Lipinski definition) is 4. The van der Waals surface area contributed by atoms with E-state index in [9.17, 15) is 4.79 Å². The lowest BCUT2D eigenvalue weighted by molar-refractivity contribution is -0.124. The van der Waals surface area contributed by atoms with E-state index in [0.717, 1.165) is 48.3 Å². The van der Waals surface area contributed by atoms with Crippen molar-refractivity contribution in [2.24, 2.45) is 0 Å². The van der Waals surface area contributed by atoms with Crippen molar-refractivity contribution in [3.05, 3.63) is 92.9 Å². The minimum Gasteiger partial charge on any atom is -0.497 e. The summed E-state index contributed by atoms with van der Waals surface area (Å²) in [7, 11) is 1.67. The van der Waals surface area contributed by atoms with Crippen LogP contribution < -0.4 is 10.2 Å². The summed E-state index contributed by atoms with van der Waals surface area (Å²) in [4.78, 5) is 20.4. The first-order valence-electron chi connectivity index (χ1n) is 12.1. The number of carbonyl (C=O) groups is 1. The van der Waals surface area contributed by atoms with E-state index in [-0.39, 0.29) is 6.04 Å². The predicted octanol–water partition coefficient (Wildman–Crippen LogP) is 6.06. The number of ether oxygens (including phenoxy) is 1. The largest absolute Gasteiger partial charge is 0.497 e. The SMILES string of the molecule is COc1ccc2c(CCN(Cc3[nH]cc(Cl)c3Cl)C3CCc4cc(/C=C/C(=O)NO)ccc43)c[nH]c2c1. The lowest BCUT2D eigenvalue weighted by Gasteiger charge is -2.29. The number of H-pyrrole nitrogens is 2. The fourth-order valence-electron chi connectivity index (χ4n) is 5.15. The summed E-state index contributed by atoms with van der Waals surface area (Å²) in [6.07, 6.45) is 9.60. The molecule has 1 amide bonds. The highest BCUT2D eigenvalue weighted by Crippen LogP contribution is 2.38. The molecular weight excluding hydrogens is 511 g/mol. The van der Waals surface area contributed by atoms with Gasteiger partial charge in [0.05, 0.1) is 17.2 Å². The standard InChI is InChI=1S/C28H28Cl2N4O3/c1-37-20-5-7-21-19(14-31-24(21)13-20)10-11-34(16-25-28(30)23(29)15-32-25)26-8-4-18-12-17(2-6-22(18)26)3-9-27(35)33-36/h2-3,5-7,9,12-15,26,31-32,36H,4,8,10-11,16H2,1H3,(H,33,35)/b9-3+. The number of methoxy groups -OCH3 is 1. The van der Waals surface area contributed by atoms with Crippen LogP contribution in [0.1, 0.15) is 40.4 Å². The van der Waals surface area contributed by atoms with Gasteiger partial charge in [-0.1, -0.05) is 41.4 Å². The smallest absolute Gasteiger partial charge is 0.267 e. The summed E-state index contributed by atoms with van der Waals surface area (Å²) in [5.74, 6) is 0.274. The molecule has 2 aromatic carbocycles. The molecule has 0 bridgehead atoms. The van der Waals surface area contributed by atoms with Crippen molar-refractivity contribution in [1.29, 1.82) is 0 Å². The van der Waals surface area contributed by atoms with Crippen molar-refractivity contribution in [2.45, 2.75) is 31.8 Å². The second kappa shape index (κ2) is 11.0. The summed E-state index contributed by atoms with van der Waals surface area (Å²) >= 11 is 12.7. The Hall–Kier alpha value is -3.23. The van der Waals surface area contributed by atoms with Crippen LogP contribution in [-0.2, 0) is 24.2 Å². The zero-order valence-corrected chi connectivity index (χ0v) is 21.9.